The monoisotopic (exact) mass is 348 g/mol. The fourth-order valence-electron chi connectivity index (χ4n) is 1.67. The first-order valence-corrected chi connectivity index (χ1v) is 6.51. The average molecular weight is 348 g/mol. The first-order valence-electron chi connectivity index (χ1n) is 6.10. The minimum atomic E-state index is -4.45. The number of aromatic hydroxyl groups is 1. The van der Waals surface area contributed by atoms with E-state index in [9.17, 15) is 22.0 Å². The van der Waals surface area contributed by atoms with Gasteiger partial charge in [-0.1, -0.05) is 0 Å². The first-order chi connectivity index (χ1) is 10.7. The van der Waals surface area contributed by atoms with Crippen LogP contribution in [-0.2, 0) is 6.18 Å². The highest BCUT2D eigenvalue weighted by Gasteiger charge is 2.29. The van der Waals surface area contributed by atoms with Crippen LogP contribution in [0.2, 0.25) is 0 Å². The normalized spacial score (nSPS) is 11.2. The molecule has 0 amide bonds. The summed E-state index contributed by atoms with van der Waals surface area (Å²) in [5.74, 6) is -3.47. The van der Waals surface area contributed by atoms with Crippen molar-refractivity contribution in [1.29, 1.82) is 0 Å². The Balaban J connectivity index is 2.05. The second-order valence-corrected chi connectivity index (χ2v) is 4.85. The lowest BCUT2D eigenvalue weighted by Crippen LogP contribution is -2.19. The Hall–Kier alpha value is -2.42. The zero-order chi connectivity index (χ0) is 17.2. The van der Waals surface area contributed by atoms with Gasteiger partial charge in [-0.15, -0.1) is 0 Å². The van der Waals surface area contributed by atoms with Gasteiger partial charge in [-0.05, 0) is 36.5 Å². The molecule has 0 bridgehead atoms. The fraction of sp³-hybridized carbons (Fsp3) is 0.0714. The van der Waals surface area contributed by atoms with Crippen LogP contribution < -0.4 is 10.6 Å². The van der Waals surface area contributed by atoms with Crippen LogP contribution in [0.5, 0.6) is 5.75 Å². The smallest absolute Gasteiger partial charge is 0.416 e. The van der Waals surface area contributed by atoms with Gasteiger partial charge in [-0.2, -0.15) is 13.2 Å². The number of nitrogens with one attached hydrogen (secondary N) is 2. The summed E-state index contributed by atoms with van der Waals surface area (Å²) in [6, 6.07) is 5.69. The Morgan fingerprint density at radius 2 is 1.39 bits per heavy atom. The second kappa shape index (κ2) is 6.37. The molecule has 0 spiro atoms. The van der Waals surface area contributed by atoms with Crippen molar-refractivity contribution in [2.24, 2.45) is 0 Å². The van der Waals surface area contributed by atoms with Crippen molar-refractivity contribution in [3.8, 4) is 5.75 Å². The molecule has 3 N–H and O–H groups in total. The predicted molar refractivity (Wildman–Crippen MR) is 79.3 cm³/mol. The van der Waals surface area contributed by atoms with Gasteiger partial charge in [0, 0.05) is 23.5 Å². The van der Waals surface area contributed by atoms with Gasteiger partial charge in [0.1, 0.15) is 0 Å². The Labute approximate surface area is 132 Å². The van der Waals surface area contributed by atoms with E-state index in [0.29, 0.717) is 0 Å². The Kier molecular flexibility index (Phi) is 4.69. The summed E-state index contributed by atoms with van der Waals surface area (Å²) in [6.45, 7) is 0. The number of hydrogen-bond acceptors (Lipinski definition) is 2. The number of alkyl halides is 3. The third-order valence-electron chi connectivity index (χ3n) is 2.74. The number of hydrogen-bond donors (Lipinski definition) is 3. The summed E-state index contributed by atoms with van der Waals surface area (Å²) in [7, 11) is 0. The molecule has 122 valence electrons. The second-order valence-electron chi connectivity index (χ2n) is 4.44. The summed E-state index contributed by atoms with van der Waals surface area (Å²) in [6.07, 6.45) is -4.45. The lowest BCUT2D eigenvalue weighted by molar-refractivity contribution is -0.137. The van der Waals surface area contributed by atoms with Crippen molar-refractivity contribution in [3.63, 3.8) is 0 Å². The minimum absolute atomic E-state index is 0.0674. The minimum Gasteiger partial charge on any atom is -0.503 e. The molecule has 0 aromatic heterocycles. The third kappa shape index (κ3) is 4.28. The highest BCUT2D eigenvalue weighted by Crippen LogP contribution is 2.30. The lowest BCUT2D eigenvalue weighted by Gasteiger charge is -2.12. The lowest BCUT2D eigenvalue weighted by atomic mass is 10.2. The summed E-state index contributed by atoms with van der Waals surface area (Å²) in [5.41, 5.74) is -0.623. The van der Waals surface area contributed by atoms with Gasteiger partial charge >= 0.3 is 6.18 Å². The number of thiocarbonyl (C=S) groups is 1. The van der Waals surface area contributed by atoms with Gasteiger partial charge in [0.05, 0.1) is 5.56 Å². The molecule has 0 atom stereocenters. The molecule has 0 unspecified atom stereocenters. The molecule has 0 aliphatic rings. The average Bonchev–Trinajstić information content (AvgIpc) is 2.44. The molecule has 2 aromatic carbocycles. The molecule has 9 heteroatoms. The van der Waals surface area contributed by atoms with Gasteiger partial charge in [-0.25, -0.2) is 8.78 Å². The molecule has 2 rings (SSSR count). The van der Waals surface area contributed by atoms with Crippen LogP contribution in [0.15, 0.2) is 36.4 Å². The standard InChI is InChI=1S/C14H9F5N2OS/c15-10-5-9(6-11(16)12(10)22)21-13(23)20-8-3-1-7(2-4-8)14(17,18)19/h1-6,22H,(H2,20,21,23). The van der Waals surface area contributed by atoms with Crippen LogP contribution in [0.3, 0.4) is 0 Å². The highest BCUT2D eigenvalue weighted by molar-refractivity contribution is 7.80. The highest BCUT2D eigenvalue weighted by atomic mass is 32.1. The van der Waals surface area contributed by atoms with E-state index in [0.717, 1.165) is 36.4 Å². The van der Waals surface area contributed by atoms with Crippen LogP contribution in [0.4, 0.5) is 33.3 Å². The molecule has 0 saturated carbocycles. The largest absolute Gasteiger partial charge is 0.503 e. The molecule has 0 heterocycles. The van der Waals surface area contributed by atoms with E-state index in [1.807, 2.05) is 0 Å². The Morgan fingerprint density at radius 3 is 1.87 bits per heavy atom. The summed E-state index contributed by atoms with van der Waals surface area (Å²) in [5, 5.41) is 13.9. The van der Waals surface area contributed by atoms with Crippen LogP contribution in [0.25, 0.3) is 0 Å². The number of phenols is 1. The van der Waals surface area contributed by atoms with Crippen molar-refractivity contribution in [1.82, 2.24) is 0 Å². The molecular formula is C14H9F5N2OS. The fourth-order valence-corrected chi connectivity index (χ4v) is 1.91. The summed E-state index contributed by atoms with van der Waals surface area (Å²) >= 11 is 4.89. The van der Waals surface area contributed by atoms with E-state index in [1.54, 1.807) is 0 Å². The quantitative estimate of drug-likeness (QED) is 0.425. The number of benzene rings is 2. The van der Waals surface area contributed by atoms with Crippen LogP contribution in [0.1, 0.15) is 5.56 Å². The number of anilines is 2. The van der Waals surface area contributed by atoms with Crippen molar-refractivity contribution in [2.45, 2.75) is 6.18 Å². The number of rotatable bonds is 2. The number of halogens is 5. The van der Waals surface area contributed by atoms with Crippen molar-refractivity contribution >= 4 is 28.7 Å². The van der Waals surface area contributed by atoms with Crippen molar-refractivity contribution in [3.05, 3.63) is 53.6 Å². The van der Waals surface area contributed by atoms with Gasteiger partial charge in [0.15, 0.2) is 22.5 Å². The number of phenolic OH excluding ortho intramolecular Hbond substituents is 1. The molecule has 0 fully saturated rings. The van der Waals surface area contributed by atoms with Gasteiger partial charge in [0.25, 0.3) is 0 Å². The Morgan fingerprint density at radius 1 is 0.913 bits per heavy atom. The van der Waals surface area contributed by atoms with E-state index in [2.05, 4.69) is 10.6 Å². The van der Waals surface area contributed by atoms with Crippen LogP contribution >= 0.6 is 12.2 Å². The van der Waals surface area contributed by atoms with Gasteiger partial charge in [0.2, 0.25) is 0 Å². The molecular weight excluding hydrogens is 339 g/mol. The maximum Gasteiger partial charge on any atom is 0.416 e. The van der Waals surface area contributed by atoms with Gasteiger partial charge in [-0.3, -0.25) is 0 Å². The molecule has 0 aliphatic heterocycles. The summed E-state index contributed by atoms with van der Waals surface area (Å²) in [4.78, 5) is 0. The molecule has 0 radical (unpaired) electrons. The first kappa shape index (κ1) is 16.9. The molecule has 2 aromatic rings. The molecule has 23 heavy (non-hydrogen) atoms. The van der Waals surface area contributed by atoms with E-state index in [-0.39, 0.29) is 16.5 Å². The predicted octanol–water partition coefficient (Wildman–Crippen LogP) is 4.50. The zero-order valence-electron chi connectivity index (χ0n) is 11.2. The molecule has 0 saturated heterocycles. The Bertz CT molecular complexity index is 708. The third-order valence-corrected chi connectivity index (χ3v) is 2.95. The van der Waals surface area contributed by atoms with Crippen LogP contribution in [-0.4, -0.2) is 10.2 Å². The van der Waals surface area contributed by atoms with Gasteiger partial charge < -0.3 is 15.7 Å². The molecule has 3 nitrogen and oxygen atoms in total. The van der Waals surface area contributed by atoms with E-state index >= 15 is 0 Å². The van der Waals surface area contributed by atoms with E-state index in [1.165, 1.54) is 0 Å². The topological polar surface area (TPSA) is 44.3 Å². The maximum atomic E-state index is 13.2. The van der Waals surface area contributed by atoms with E-state index < -0.39 is 29.1 Å². The zero-order valence-corrected chi connectivity index (χ0v) is 12.0. The van der Waals surface area contributed by atoms with Crippen LogP contribution in [0, 0.1) is 11.6 Å². The van der Waals surface area contributed by atoms with Crippen molar-refractivity contribution in [2.75, 3.05) is 10.6 Å². The maximum absolute atomic E-state index is 13.2. The summed E-state index contributed by atoms with van der Waals surface area (Å²) < 4.78 is 63.6. The van der Waals surface area contributed by atoms with E-state index in [4.69, 9.17) is 17.3 Å². The van der Waals surface area contributed by atoms with Crippen molar-refractivity contribution < 1.29 is 27.1 Å². The molecule has 0 aliphatic carbocycles. The SMILES string of the molecule is Oc1c(F)cc(NC(=S)Nc2ccc(C(F)(F)F)cc2)cc1F.